The molecule has 164 valence electrons. The van der Waals surface area contributed by atoms with Crippen molar-refractivity contribution in [3.8, 4) is 11.1 Å². The lowest BCUT2D eigenvalue weighted by Crippen LogP contribution is -2.33. The van der Waals surface area contributed by atoms with Gasteiger partial charge in [-0.25, -0.2) is 14.2 Å². The summed E-state index contributed by atoms with van der Waals surface area (Å²) < 4.78 is 20.0. The molecule has 1 fully saturated rings. The fraction of sp³-hybridized carbons (Fsp3) is 0.286. The summed E-state index contributed by atoms with van der Waals surface area (Å²) in [6.07, 6.45) is -1.11. The van der Waals surface area contributed by atoms with Gasteiger partial charge in [-0.2, -0.15) is 0 Å². The van der Waals surface area contributed by atoms with Crippen LogP contribution in [0.1, 0.15) is 12.5 Å². The molecule has 1 saturated heterocycles. The number of hydroxylamine groups is 2. The van der Waals surface area contributed by atoms with Crippen LogP contribution in [0.4, 0.5) is 14.9 Å². The first-order valence-electron chi connectivity index (χ1n) is 9.59. The molecule has 1 atom stereocenters. The topological polar surface area (TPSA) is 125 Å². The van der Waals surface area contributed by atoms with E-state index in [-0.39, 0.29) is 32.1 Å². The second-order valence-electron chi connectivity index (χ2n) is 7.07. The molecule has 31 heavy (non-hydrogen) atoms. The van der Waals surface area contributed by atoms with Crippen LogP contribution in [-0.2, 0) is 20.9 Å². The largest absolute Gasteiger partial charge is 0.442 e. The molecule has 4 N–H and O–H groups in total. The van der Waals surface area contributed by atoms with Crippen LogP contribution in [0, 0.1) is 5.82 Å². The highest BCUT2D eigenvalue weighted by Crippen LogP contribution is 2.29. The van der Waals surface area contributed by atoms with E-state index in [9.17, 15) is 24.0 Å². The Balaban J connectivity index is 1.70. The van der Waals surface area contributed by atoms with Crippen LogP contribution in [0.5, 0.6) is 0 Å². The highest BCUT2D eigenvalue weighted by Gasteiger charge is 2.32. The summed E-state index contributed by atoms with van der Waals surface area (Å²) in [6.45, 7) is 1.42. The van der Waals surface area contributed by atoms with Crippen LogP contribution in [-0.4, -0.2) is 53.9 Å². The van der Waals surface area contributed by atoms with Gasteiger partial charge in [-0.1, -0.05) is 24.3 Å². The van der Waals surface area contributed by atoms with Gasteiger partial charge in [0, 0.05) is 12.5 Å². The lowest BCUT2D eigenvalue weighted by atomic mass is 10.0. The van der Waals surface area contributed by atoms with Crippen LogP contribution in [0.3, 0.4) is 0 Å². The van der Waals surface area contributed by atoms with Gasteiger partial charge in [0.2, 0.25) is 5.91 Å². The van der Waals surface area contributed by atoms with Gasteiger partial charge in [0.1, 0.15) is 11.9 Å². The Labute approximate surface area is 178 Å². The van der Waals surface area contributed by atoms with Crippen molar-refractivity contribution in [3.05, 3.63) is 53.8 Å². The zero-order valence-corrected chi connectivity index (χ0v) is 16.9. The van der Waals surface area contributed by atoms with Gasteiger partial charge in [0.25, 0.3) is 5.91 Å². The molecule has 0 aliphatic carbocycles. The van der Waals surface area contributed by atoms with Gasteiger partial charge < -0.3 is 15.8 Å². The number of carbonyl (C=O) groups is 3. The molecule has 0 spiro atoms. The number of benzene rings is 2. The number of cyclic esters (lactones) is 1. The van der Waals surface area contributed by atoms with Gasteiger partial charge in [0.15, 0.2) is 0 Å². The van der Waals surface area contributed by atoms with Crippen molar-refractivity contribution >= 4 is 23.6 Å². The summed E-state index contributed by atoms with van der Waals surface area (Å²) in [5, 5.41) is 12.7. The number of halogens is 1. The van der Waals surface area contributed by atoms with Crippen LogP contribution in [0.15, 0.2) is 42.5 Å². The first kappa shape index (κ1) is 22.2. The molecule has 2 aromatic carbocycles. The van der Waals surface area contributed by atoms with Crippen molar-refractivity contribution in [1.29, 1.82) is 0 Å². The third-order valence-electron chi connectivity index (χ3n) is 4.78. The maximum atomic E-state index is 14.8. The summed E-state index contributed by atoms with van der Waals surface area (Å²) in [4.78, 5) is 35.8. The van der Waals surface area contributed by atoms with E-state index in [0.29, 0.717) is 27.4 Å². The number of rotatable bonds is 7. The normalized spacial score (nSPS) is 15.5. The quantitative estimate of drug-likeness (QED) is 0.453. The molecule has 0 radical (unpaired) electrons. The smallest absolute Gasteiger partial charge is 0.414 e. The summed E-state index contributed by atoms with van der Waals surface area (Å²) in [5.74, 6) is -1.36. The molecule has 3 amide bonds. The summed E-state index contributed by atoms with van der Waals surface area (Å²) >= 11 is 0. The summed E-state index contributed by atoms with van der Waals surface area (Å²) in [5.41, 5.74) is 7.12. The minimum absolute atomic E-state index is 0.0333. The zero-order chi connectivity index (χ0) is 22.5. The van der Waals surface area contributed by atoms with E-state index in [0.717, 1.165) is 0 Å². The monoisotopic (exact) mass is 430 g/mol. The number of amides is 3. The predicted octanol–water partition coefficient (Wildman–Crippen LogP) is 1.63. The average molecular weight is 430 g/mol. The van der Waals surface area contributed by atoms with Crippen LogP contribution in [0.25, 0.3) is 11.1 Å². The first-order chi connectivity index (χ1) is 14.8. The Morgan fingerprint density at radius 3 is 2.61 bits per heavy atom. The highest BCUT2D eigenvalue weighted by atomic mass is 19.1. The number of hydrogen-bond donors (Lipinski definition) is 3. The predicted molar refractivity (Wildman–Crippen MR) is 110 cm³/mol. The molecule has 0 aromatic heterocycles. The molecular weight excluding hydrogens is 407 g/mol. The van der Waals surface area contributed by atoms with E-state index >= 15 is 0 Å². The number of hydrogen-bond acceptors (Lipinski definition) is 6. The molecule has 0 bridgehead atoms. The van der Waals surface area contributed by atoms with Gasteiger partial charge in [-0.3, -0.25) is 19.7 Å². The minimum atomic E-state index is -0.606. The van der Waals surface area contributed by atoms with Crippen molar-refractivity contribution < 1.29 is 28.7 Å². The van der Waals surface area contributed by atoms with E-state index in [2.05, 4.69) is 5.32 Å². The molecule has 1 aliphatic heterocycles. The van der Waals surface area contributed by atoms with Crippen molar-refractivity contribution in [2.45, 2.75) is 19.6 Å². The SMILES string of the molecule is CC(=O)NC[C@H]1CN(c2ccc(-c3ccc(CN(O)C(=O)CN)cc3)c(F)c2)C(=O)O1. The second-order valence-corrected chi connectivity index (χ2v) is 7.07. The first-order valence-corrected chi connectivity index (χ1v) is 9.59. The second kappa shape index (κ2) is 9.54. The number of nitrogens with two attached hydrogens (primary N) is 1. The maximum absolute atomic E-state index is 14.8. The maximum Gasteiger partial charge on any atom is 0.414 e. The Morgan fingerprint density at radius 1 is 1.29 bits per heavy atom. The van der Waals surface area contributed by atoms with Crippen molar-refractivity contribution in [2.24, 2.45) is 5.73 Å². The Morgan fingerprint density at radius 2 is 2.00 bits per heavy atom. The lowest BCUT2D eigenvalue weighted by Gasteiger charge is -2.15. The van der Waals surface area contributed by atoms with Crippen LogP contribution >= 0.6 is 0 Å². The third-order valence-corrected chi connectivity index (χ3v) is 4.78. The molecule has 10 heteroatoms. The minimum Gasteiger partial charge on any atom is -0.442 e. The number of carbonyl (C=O) groups excluding carboxylic acids is 3. The molecule has 3 rings (SSSR count). The Bertz CT molecular complexity index is 982. The number of anilines is 1. The Hall–Kier alpha value is -3.50. The summed E-state index contributed by atoms with van der Waals surface area (Å²) in [6, 6.07) is 11.1. The lowest BCUT2D eigenvalue weighted by molar-refractivity contribution is -0.166. The molecular formula is C21H23FN4O5. The molecule has 1 heterocycles. The molecule has 2 aromatic rings. The van der Waals surface area contributed by atoms with Crippen LogP contribution in [0.2, 0.25) is 0 Å². The van der Waals surface area contributed by atoms with E-state index in [4.69, 9.17) is 10.5 Å². The van der Waals surface area contributed by atoms with Gasteiger partial charge in [-0.05, 0) is 29.3 Å². The van der Waals surface area contributed by atoms with E-state index in [1.54, 1.807) is 36.4 Å². The van der Waals surface area contributed by atoms with E-state index in [1.807, 2.05) is 0 Å². The number of nitrogens with one attached hydrogen (secondary N) is 1. The third kappa shape index (κ3) is 5.36. The molecule has 1 aliphatic rings. The van der Waals surface area contributed by atoms with Gasteiger partial charge >= 0.3 is 6.09 Å². The average Bonchev–Trinajstić information content (AvgIpc) is 3.12. The fourth-order valence-corrected chi connectivity index (χ4v) is 3.16. The fourth-order valence-electron chi connectivity index (χ4n) is 3.16. The van der Waals surface area contributed by atoms with Crippen molar-refractivity contribution in [1.82, 2.24) is 10.4 Å². The van der Waals surface area contributed by atoms with Crippen molar-refractivity contribution in [2.75, 3.05) is 24.5 Å². The number of nitrogens with zero attached hydrogens (tertiary/aromatic N) is 2. The van der Waals surface area contributed by atoms with Gasteiger partial charge in [-0.15, -0.1) is 0 Å². The molecule has 0 saturated carbocycles. The van der Waals surface area contributed by atoms with Crippen molar-refractivity contribution in [3.63, 3.8) is 0 Å². The highest BCUT2D eigenvalue weighted by molar-refractivity contribution is 5.90. The molecule has 0 unspecified atom stereocenters. The number of ether oxygens (including phenoxy) is 1. The zero-order valence-electron chi connectivity index (χ0n) is 16.9. The van der Waals surface area contributed by atoms with Gasteiger partial charge in [0.05, 0.1) is 31.9 Å². The van der Waals surface area contributed by atoms with Crippen LogP contribution < -0.4 is 16.0 Å². The Kier molecular flexibility index (Phi) is 6.83. The van der Waals surface area contributed by atoms with E-state index < -0.39 is 23.9 Å². The molecule has 9 nitrogen and oxygen atoms in total. The standard InChI is InChI=1S/C21H23FN4O5/c1-13(27)24-10-17-12-25(21(29)31-17)16-6-7-18(19(22)8-16)15-4-2-14(3-5-15)11-26(30)20(28)9-23/h2-8,17,30H,9-12,23H2,1H3,(H,24,27)/t17-/m0/s1. The van der Waals surface area contributed by atoms with E-state index in [1.165, 1.54) is 17.9 Å². The summed E-state index contributed by atoms with van der Waals surface area (Å²) in [7, 11) is 0.